The van der Waals surface area contributed by atoms with E-state index in [2.05, 4.69) is 28.4 Å². The predicted molar refractivity (Wildman–Crippen MR) is 117 cm³/mol. The van der Waals surface area contributed by atoms with Crippen molar-refractivity contribution < 1.29 is 9.90 Å². The van der Waals surface area contributed by atoms with Crippen LogP contribution in [0.15, 0.2) is 34.7 Å². The zero-order chi connectivity index (χ0) is 20.5. The molecule has 0 amide bonds. The van der Waals surface area contributed by atoms with Crippen molar-refractivity contribution in [2.45, 2.75) is 18.2 Å². The fourth-order valence-electron chi connectivity index (χ4n) is 3.66. The highest BCUT2D eigenvalue weighted by molar-refractivity contribution is 7.99. The van der Waals surface area contributed by atoms with Crippen molar-refractivity contribution in [3.05, 3.63) is 45.7 Å². The number of nitrogens with zero attached hydrogens (tertiary/aromatic N) is 4. The lowest BCUT2D eigenvalue weighted by Crippen LogP contribution is -2.37. The SMILES string of the molecule is CCN[C@H]1CN(c2ccc3c(=O)c(C(=O)O)cn(-c4nccs4)c3n2)C[C@@H]1SC. The minimum Gasteiger partial charge on any atom is -0.477 e. The molecular formula is C19H21N5O3S2. The Kier molecular flexibility index (Phi) is 5.57. The Morgan fingerprint density at radius 2 is 2.24 bits per heavy atom. The first-order valence-corrected chi connectivity index (χ1v) is 11.4. The van der Waals surface area contributed by atoms with Crippen molar-refractivity contribution in [2.24, 2.45) is 0 Å². The molecule has 2 atom stereocenters. The fourth-order valence-corrected chi connectivity index (χ4v) is 5.12. The van der Waals surface area contributed by atoms with Gasteiger partial charge in [-0.25, -0.2) is 14.8 Å². The van der Waals surface area contributed by atoms with Crippen LogP contribution in [0.25, 0.3) is 16.2 Å². The van der Waals surface area contributed by atoms with Crippen molar-refractivity contribution >= 4 is 45.9 Å². The molecule has 29 heavy (non-hydrogen) atoms. The molecule has 0 saturated carbocycles. The molecule has 1 aliphatic rings. The minimum atomic E-state index is -1.26. The number of rotatable bonds is 6. The molecule has 0 bridgehead atoms. The van der Waals surface area contributed by atoms with Crippen LogP contribution in [0.5, 0.6) is 0 Å². The van der Waals surface area contributed by atoms with E-state index in [1.807, 2.05) is 11.8 Å². The van der Waals surface area contributed by atoms with E-state index in [9.17, 15) is 14.7 Å². The van der Waals surface area contributed by atoms with Gasteiger partial charge in [0.15, 0.2) is 10.8 Å². The second kappa shape index (κ2) is 8.13. The third-order valence-electron chi connectivity index (χ3n) is 5.05. The number of aromatic carboxylic acids is 1. The first-order chi connectivity index (χ1) is 14.0. The van der Waals surface area contributed by atoms with E-state index in [0.717, 1.165) is 25.5 Å². The number of carboxylic acid groups (broad SMARTS) is 1. The highest BCUT2D eigenvalue weighted by atomic mass is 32.2. The Labute approximate surface area is 175 Å². The van der Waals surface area contributed by atoms with Crippen molar-refractivity contribution in [1.82, 2.24) is 19.9 Å². The van der Waals surface area contributed by atoms with Crippen LogP contribution < -0.4 is 15.6 Å². The third-order valence-corrected chi connectivity index (χ3v) is 6.90. The minimum absolute atomic E-state index is 0.271. The van der Waals surface area contributed by atoms with Crippen LogP contribution in [-0.4, -0.2) is 62.8 Å². The van der Waals surface area contributed by atoms with Crippen molar-refractivity contribution in [3.8, 4) is 5.13 Å². The topological polar surface area (TPSA) is 100 Å². The molecular weight excluding hydrogens is 410 g/mol. The number of nitrogens with one attached hydrogen (secondary N) is 1. The number of likely N-dealkylation sites (N-methyl/N-ethyl adjacent to an activating group) is 1. The van der Waals surface area contributed by atoms with Gasteiger partial charge in [0.25, 0.3) is 0 Å². The standard InChI is InChI=1S/C19H21N5O3S2/c1-3-20-13-9-23(10-14(13)28-2)15-5-4-11-16(25)12(18(26)27)8-24(17(11)22-15)19-21-6-7-29-19/h4-8,13-14,20H,3,9-10H2,1-2H3,(H,26,27)/t13-,14-/m0/s1. The van der Waals surface area contributed by atoms with E-state index in [4.69, 9.17) is 4.98 Å². The van der Waals surface area contributed by atoms with Crippen LogP contribution in [0.1, 0.15) is 17.3 Å². The molecule has 0 radical (unpaired) electrons. The number of thiazole rings is 1. The van der Waals surface area contributed by atoms with Crippen molar-refractivity contribution in [2.75, 3.05) is 30.8 Å². The van der Waals surface area contributed by atoms with Gasteiger partial charge in [0.1, 0.15) is 11.4 Å². The molecule has 1 aliphatic heterocycles. The lowest BCUT2D eigenvalue weighted by Gasteiger charge is -2.19. The second-order valence-corrected chi connectivity index (χ2v) is 8.70. The summed E-state index contributed by atoms with van der Waals surface area (Å²) in [6, 6.07) is 3.83. The number of carbonyl (C=O) groups is 1. The summed E-state index contributed by atoms with van der Waals surface area (Å²) in [5, 5.41) is 16.1. The largest absolute Gasteiger partial charge is 0.477 e. The number of hydrogen-bond donors (Lipinski definition) is 2. The predicted octanol–water partition coefficient (Wildman–Crippen LogP) is 2.07. The average molecular weight is 432 g/mol. The van der Waals surface area contributed by atoms with Crippen molar-refractivity contribution in [3.63, 3.8) is 0 Å². The number of hydrogen-bond acceptors (Lipinski definition) is 8. The van der Waals surface area contributed by atoms with Gasteiger partial charge in [0, 0.05) is 42.2 Å². The molecule has 0 aliphatic carbocycles. The van der Waals surface area contributed by atoms with Gasteiger partial charge in [-0.3, -0.25) is 9.36 Å². The second-order valence-electron chi connectivity index (χ2n) is 6.75. The van der Waals surface area contributed by atoms with Crippen LogP contribution >= 0.6 is 23.1 Å². The zero-order valence-corrected chi connectivity index (χ0v) is 17.7. The highest BCUT2D eigenvalue weighted by Crippen LogP contribution is 2.27. The zero-order valence-electron chi connectivity index (χ0n) is 16.0. The molecule has 3 aromatic heterocycles. The van der Waals surface area contributed by atoms with Crippen LogP contribution in [0.2, 0.25) is 0 Å². The summed E-state index contributed by atoms with van der Waals surface area (Å²) in [5.74, 6) is -0.494. The molecule has 2 N–H and O–H groups in total. The maximum atomic E-state index is 12.7. The van der Waals surface area contributed by atoms with E-state index in [-0.39, 0.29) is 10.9 Å². The number of fused-ring (bicyclic) bond motifs is 1. The molecule has 4 heterocycles. The fraction of sp³-hybridized carbons (Fsp3) is 0.368. The first kappa shape index (κ1) is 19.9. The molecule has 10 heteroatoms. The molecule has 0 aromatic carbocycles. The Morgan fingerprint density at radius 3 is 2.90 bits per heavy atom. The molecule has 0 spiro atoms. The average Bonchev–Trinajstić information content (AvgIpc) is 3.38. The van der Waals surface area contributed by atoms with Crippen LogP contribution in [0.3, 0.4) is 0 Å². The third kappa shape index (κ3) is 3.63. The number of carboxylic acids is 1. The quantitative estimate of drug-likeness (QED) is 0.612. The van der Waals surface area contributed by atoms with E-state index >= 15 is 0 Å². The van der Waals surface area contributed by atoms with E-state index in [1.54, 1.807) is 28.3 Å². The molecule has 4 rings (SSSR count). The monoisotopic (exact) mass is 431 g/mol. The van der Waals surface area contributed by atoms with E-state index in [1.165, 1.54) is 17.5 Å². The highest BCUT2D eigenvalue weighted by Gasteiger charge is 2.32. The normalized spacial score (nSPS) is 19.2. The summed E-state index contributed by atoms with van der Waals surface area (Å²) in [6.45, 7) is 4.68. The van der Waals surface area contributed by atoms with Crippen molar-refractivity contribution in [1.29, 1.82) is 0 Å². The van der Waals surface area contributed by atoms with Gasteiger partial charge in [-0.05, 0) is 24.9 Å². The lowest BCUT2D eigenvalue weighted by molar-refractivity contribution is 0.0695. The molecule has 152 valence electrons. The van der Waals surface area contributed by atoms with Gasteiger partial charge in [-0.15, -0.1) is 11.3 Å². The summed E-state index contributed by atoms with van der Waals surface area (Å²) in [5.41, 5.74) is -0.411. The first-order valence-electron chi connectivity index (χ1n) is 9.24. The lowest BCUT2D eigenvalue weighted by atomic mass is 10.2. The smallest absolute Gasteiger partial charge is 0.341 e. The summed E-state index contributed by atoms with van der Waals surface area (Å²) in [7, 11) is 0. The van der Waals surface area contributed by atoms with Gasteiger partial charge in [-0.1, -0.05) is 6.92 Å². The van der Waals surface area contributed by atoms with E-state index < -0.39 is 11.4 Å². The van der Waals surface area contributed by atoms with Gasteiger partial charge >= 0.3 is 5.97 Å². The Balaban J connectivity index is 1.83. The number of pyridine rings is 2. The summed E-state index contributed by atoms with van der Waals surface area (Å²) in [6.07, 6.45) is 5.07. The van der Waals surface area contributed by atoms with Gasteiger partial charge in [0.2, 0.25) is 5.43 Å². The number of thioether (sulfide) groups is 1. The molecule has 0 unspecified atom stereocenters. The Morgan fingerprint density at radius 1 is 1.41 bits per heavy atom. The molecule has 8 nitrogen and oxygen atoms in total. The maximum absolute atomic E-state index is 12.7. The Bertz CT molecular complexity index is 1100. The maximum Gasteiger partial charge on any atom is 0.341 e. The molecule has 3 aromatic rings. The summed E-state index contributed by atoms with van der Waals surface area (Å²) < 4.78 is 1.60. The summed E-state index contributed by atoms with van der Waals surface area (Å²) >= 11 is 3.19. The van der Waals surface area contributed by atoms with Crippen LogP contribution in [-0.2, 0) is 0 Å². The van der Waals surface area contributed by atoms with Gasteiger partial charge in [0.05, 0.1) is 5.39 Å². The van der Waals surface area contributed by atoms with Gasteiger partial charge < -0.3 is 15.3 Å². The van der Waals surface area contributed by atoms with Crippen LogP contribution in [0, 0.1) is 0 Å². The van der Waals surface area contributed by atoms with E-state index in [0.29, 0.717) is 22.1 Å². The Hall–Kier alpha value is -2.43. The molecule has 1 saturated heterocycles. The molecule has 1 fully saturated rings. The number of anilines is 1. The van der Waals surface area contributed by atoms with Gasteiger partial charge in [-0.2, -0.15) is 11.8 Å². The number of aromatic nitrogens is 3. The van der Waals surface area contributed by atoms with Crippen LogP contribution in [0.4, 0.5) is 5.82 Å². The summed E-state index contributed by atoms with van der Waals surface area (Å²) in [4.78, 5) is 35.5.